The maximum absolute atomic E-state index is 12.2. The van der Waals surface area contributed by atoms with Gasteiger partial charge in [0.1, 0.15) is 48.1 Å². The number of aliphatic hydroxyl groups is 3. The summed E-state index contributed by atoms with van der Waals surface area (Å²) < 4.78 is 28.1. The Bertz CT molecular complexity index is 1580. The average molecular weight is 536 g/mol. The molecule has 0 amide bonds. The molecule has 5 unspecified atom stereocenters. The summed E-state index contributed by atoms with van der Waals surface area (Å²) in [6, 6.07) is 13.5. The van der Waals surface area contributed by atoms with Crippen LogP contribution in [0.15, 0.2) is 54.7 Å². The Kier molecular flexibility index (Phi) is 5.98. The van der Waals surface area contributed by atoms with E-state index in [1.165, 1.54) is 24.5 Å². The first-order valence-electron chi connectivity index (χ1n) is 12.1. The van der Waals surface area contributed by atoms with Crippen molar-refractivity contribution in [1.29, 1.82) is 0 Å². The van der Waals surface area contributed by atoms with E-state index in [0.717, 1.165) is 5.56 Å². The lowest BCUT2D eigenvalue weighted by Crippen LogP contribution is -2.69. The van der Waals surface area contributed by atoms with Gasteiger partial charge in [0.05, 0.1) is 18.0 Å². The molecule has 1 saturated heterocycles. The fraction of sp³-hybridized carbons (Fsp3) is 0.250. The van der Waals surface area contributed by atoms with Gasteiger partial charge in [-0.2, -0.15) is 0 Å². The highest BCUT2D eigenvalue weighted by Crippen LogP contribution is 2.40. The SMILES string of the molecule is COc1ccc(C2=C(O)c3ccc(OC4OC(C(=O)O)C5(C=c6cc[nH]c6=CO5)C(O)C4O)cc3OC2)cc1. The molecule has 3 aromatic rings. The van der Waals surface area contributed by atoms with E-state index in [1.54, 1.807) is 37.6 Å². The molecule has 39 heavy (non-hydrogen) atoms. The van der Waals surface area contributed by atoms with Gasteiger partial charge >= 0.3 is 5.97 Å². The van der Waals surface area contributed by atoms with E-state index < -0.39 is 36.2 Å². The van der Waals surface area contributed by atoms with E-state index in [0.29, 0.717) is 33.2 Å². The van der Waals surface area contributed by atoms with Gasteiger partial charge < -0.3 is 49.1 Å². The van der Waals surface area contributed by atoms with Crippen molar-refractivity contribution in [2.24, 2.45) is 0 Å². The van der Waals surface area contributed by atoms with Crippen LogP contribution in [0, 0.1) is 0 Å². The Morgan fingerprint density at radius 3 is 2.62 bits per heavy atom. The zero-order chi connectivity index (χ0) is 27.3. The first kappa shape index (κ1) is 24.9. The molecule has 0 radical (unpaired) electrons. The summed E-state index contributed by atoms with van der Waals surface area (Å²) in [5.74, 6) is -0.202. The van der Waals surface area contributed by atoms with Crippen LogP contribution in [-0.2, 0) is 14.3 Å². The largest absolute Gasteiger partial charge is 0.507 e. The van der Waals surface area contributed by atoms with Crippen LogP contribution in [0.5, 0.6) is 17.2 Å². The second kappa shape index (κ2) is 9.38. The van der Waals surface area contributed by atoms with Gasteiger partial charge in [-0.1, -0.05) is 12.1 Å². The summed E-state index contributed by atoms with van der Waals surface area (Å²) in [5, 5.41) is 44.0. The van der Waals surface area contributed by atoms with Gasteiger partial charge in [0, 0.05) is 23.1 Å². The number of nitrogens with one attached hydrogen (secondary N) is 1. The second-order valence-electron chi connectivity index (χ2n) is 9.36. The lowest BCUT2D eigenvalue weighted by Gasteiger charge is -2.47. The number of ether oxygens (including phenoxy) is 5. The van der Waals surface area contributed by atoms with Gasteiger partial charge in [-0.3, -0.25) is 0 Å². The maximum Gasteiger partial charge on any atom is 0.337 e. The second-order valence-corrected chi connectivity index (χ2v) is 9.36. The van der Waals surface area contributed by atoms with Crippen molar-refractivity contribution in [2.75, 3.05) is 13.7 Å². The molecule has 0 aliphatic carbocycles. The van der Waals surface area contributed by atoms with Gasteiger partial charge in [0.25, 0.3) is 0 Å². The first-order valence-corrected chi connectivity index (χ1v) is 12.1. The van der Waals surface area contributed by atoms with Gasteiger partial charge in [-0.25, -0.2) is 4.79 Å². The Morgan fingerprint density at radius 1 is 1.10 bits per heavy atom. The molecule has 6 rings (SSSR count). The number of methoxy groups -OCH3 is 1. The summed E-state index contributed by atoms with van der Waals surface area (Å²) in [5.41, 5.74) is -0.0942. The quantitative estimate of drug-likeness (QED) is 0.315. The van der Waals surface area contributed by atoms with Gasteiger partial charge in [0.15, 0.2) is 5.60 Å². The van der Waals surface area contributed by atoms with Crippen molar-refractivity contribution in [2.45, 2.75) is 30.2 Å². The molecule has 5 N–H and O–H groups in total. The minimum absolute atomic E-state index is 0.0376. The number of carboxylic acids is 1. The summed E-state index contributed by atoms with van der Waals surface area (Å²) in [7, 11) is 1.57. The fourth-order valence-corrected chi connectivity index (χ4v) is 5.01. The highest BCUT2D eigenvalue weighted by Gasteiger charge is 2.60. The van der Waals surface area contributed by atoms with Crippen molar-refractivity contribution < 1.29 is 48.9 Å². The predicted octanol–water partition coefficient (Wildman–Crippen LogP) is 0.740. The van der Waals surface area contributed by atoms with E-state index in [-0.39, 0.29) is 18.1 Å². The van der Waals surface area contributed by atoms with Crippen molar-refractivity contribution in [3.8, 4) is 17.2 Å². The lowest BCUT2D eigenvalue weighted by atomic mass is 9.82. The smallest absolute Gasteiger partial charge is 0.337 e. The lowest BCUT2D eigenvalue weighted by molar-refractivity contribution is -0.286. The summed E-state index contributed by atoms with van der Waals surface area (Å²) >= 11 is 0. The van der Waals surface area contributed by atoms with Crippen LogP contribution in [0.25, 0.3) is 23.7 Å². The predicted molar refractivity (Wildman–Crippen MR) is 136 cm³/mol. The van der Waals surface area contributed by atoms with Gasteiger partial charge in [-0.05, 0) is 42.0 Å². The number of aromatic amines is 1. The number of carbonyl (C=O) groups is 1. The van der Waals surface area contributed by atoms with Crippen molar-refractivity contribution in [3.63, 3.8) is 0 Å². The highest BCUT2D eigenvalue weighted by atomic mass is 16.7. The molecule has 1 spiro atoms. The topological polar surface area (TPSA) is 160 Å². The van der Waals surface area contributed by atoms with E-state index in [4.69, 9.17) is 23.7 Å². The van der Waals surface area contributed by atoms with E-state index >= 15 is 0 Å². The molecule has 0 bridgehead atoms. The third-order valence-electron chi connectivity index (χ3n) is 7.10. The standard InChI is InChI=1S/C28H25NO10/c1-35-16-4-2-14(3-5-16)19-12-36-21-10-17(6-7-18(21)22(19)30)38-27-23(31)24(32)28(25(39-27)26(33)34)11-15-8-9-29-20(15)13-37-28/h2-11,13,23-25,27,29-32H,12H2,1H3,(H,33,34). The molecule has 0 saturated carbocycles. The minimum Gasteiger partial charge on any atom is -0.507 e. The molecule has 3 aliphatic heterocycles. The molecule has 202 valence electrons. The maximum atomic E-state index is 12.2. The minimum atomic E-state index is -1.88. The average Bonchev–Trinajstić information content (AvgIpc) is 3.41. The molecular formula is C28H25NO10. The fourth-order valence-electron chi connectivity index (χ4n) is 5.01. The van der Waals surface area contributed by atoms with Gasteiger partial charge in [0.2, 0.25) is 12.4 Å². The zero-order valence-electron chi connectivity index (χ0n) is 20.6. The van der Waals surface area contributed by atoms with Crippen molar-refractivity contribution >= 4 is 29.6 Å². The van der Waals surface area contributed by atoms with Gasteiger partial charge in [-0.15, -0.1) is 0 Å². The van der Waals surface area contributed by atoms with Crippen LogP contribution in [0.2, 0.25) is 0 Å². The number of hydrogen-bond acceptors (Lipinski definition) is 9. The highest BCUT2D eigenvalue weighted by molar-refractivity contribution is 5.91. The Labute approximate surface area is 221 Å². The van der Waals surface area contributed by atoms with E-state index in [9.17, 15) is 25.2 Å². The molecule has 11 nitrogen and oxygen atoms in total. The Morgan fingerprint density at radius 2 is 1.87 bits per heavy atom. The molecular weight excluding hydrogens is 510 g/mol. The summed E-state index contributed by atoms with van der Waals surface area (Å²) in [6.07, 6.45) is -2.27. The number of aromatic nitrogens is 1. The molecule has 11 heteroatoms. The van der Waals surface area contributed by atoms with E-state index in [1.807, 2.05) is 12.1 Å². The summed E-state index contributed by atoms with van der Waals surface area (Å²) in [6.45, 7) is 0.0876. The number of aliphatic hydroxyl groups excluding tert-OH is 3. The molecule has 5 atom stereocenters. The van der Waals surface area contributed by atoms with Crippen LogP contribution in [0.3, 0.4) is 0 Å². The number of aliphatic carboxylic acids is 1. The normalized spacial score (nSPS) is 27.3. The number of hydrogen-bond donors (Lipinski definition) is 5. The first-order chi connectivity index (χ1) is 18.8. The van der Waals surface area contributed by atoms with Crippen molar-refractivity contribution in [3.05, 3.63) is 76.4 Å². The van der Waals surface area contributed by atoms with Crippen molar-refractivity contribution in [1.82, 2.24) is 4.98 Å². The molecule has 4 heterocycles. The third kappa shape index (κ3) is 4.07. The zero-order valence-corrected chi connectivity index (χ0v) is 20.6. The van der Waals surface area contributed by atoms with Crippen LogP contribution >= 0.6 is 0 Å². The Balaban J connectivity index is 1.26. The molecule has 3 aliphatic rings. The monoisotopic (exact) mass is 535 g/mol. The Hall–Kier alpha value is -4.45. The van der Waals surface area contributed by atoms with Crippen LogP contribution in [-0.4, -0.2) is 75.3 Å². The molecule has 1 aromatic heterocycles. The number of carboxylic acid groups (broad SMARTS) is 1. The summed E-state index contributed by atoms with van der Waals surface area (Å²) in [4.78, 5) is 15.1. The van der Waals surface area contributed by atoms with Crippen LogP contribution < -0.4 is 24.8 Å². The number of fused-ring (bicyclic) bond motifs is 2. The van der Waals surface area contributed by atoms with E-state index in [2.05, 4.69) is 4.98 Å². The van der Waals surface area contributed by atoms with Crippen LogP contribution in [0.1, 0.15) is 11.1 Å². The number of benzene rings is 2. The van der Waals surface area contributed by atoms with Crippen LogP contribution in [0.4, 0.5) is 0 Å². The number of H-pyrrole nitrogens is 1. The molecule has 1 fully saturated rings. The number of rotatable bonds is 5. The third-order valence-corrected chi connectivity index (χ3v) is 7.10. The molecule has 2 aromatic carbocycles.